The van der Waals surface area contributed by atoms with E-state index in [-0.39, 0.29) is 22.8 Å². The van der Waals surface area contributed by atoms with E-state index in [4.69, 9.17) is 11.6 Å². The van der Waals surface area contributed by atoms with Gasteiger partial charge in [-0.05, 0) is 80.5 Å². The van der Waals surface area contributed by atoms with Gasteiger partial charge < -0.3 is 5.32 Å². The molecule has 4 aliphatic rings. The van der Waals surface area contributed by atoms with Gasteiger partial charge in [-0.3, -0.25) is 4.79 Å². The van der Waals surface area contributed by atoms with Crippen molar-refractivity contribution in [3.8, 4) is 0 Å². The highest BCUT2D eigenvalue weighted by molar-refractivity contribution is 7.89. The zero-order valence-corrected chi connectivity index (χ0v) is 16.3. The van der Waals surface area contributed by atoms with E-state index in [2.05, 4.69) is 10.0 Å². The van der Waals surface area contributed by atoms with Crippen LogP contribution in [0, 0.1) is 23.2 Å². The highest BCUT2D eigenvalue weighted by Gasteiger charge is 2.54. The third kappa shape index (κ3) is 3.51. The lowest BCUT2D eigenvalue weighted by atomic mass is 9.49. The zero-order chi connectivity index (χ0) is 18.4. The Hall–Kier alpha value is -1.11. The van der Waals surface area contributed by atoms with Crippen molar-refractivity contribution in [1.82, 2.24) is 10.0 Å². The van der Waals surface area contributed by atoms with E-state index in [0.717, 1.165) is 37.0 Å². The number of hydrogen-bond acceptors (Lipinski definition) is 3. The maximum absolute atomic E-state index is 12.8. The van der Waals surface area contributed by atoms with Crippen LogP contribution in [0.2, 0.25) is 5.02 Å². The molecule has 1 aromatic rings. The first-order valence-corrected chi connectivity index (χ1v) is 11.3. The van der Waals surface area contributed by atoms with Gasteiger partial charge in [-0.1, -0.05) is 11.6 Å². The van der Waals surface area contributed by atoms with E-state index in [1.54, 1.807) is 12.1 Å². The molecule has 4 fully saturated rings. The molecular weight excluding hydrogens is 372 g/mol. The Kier molecular flexibility index (Phi) is 4.78. The maximum atomic E-state index is 12.8. The summed E-state index contributed by atoms with van der Waals surface area (Å²) in [5.74, 6) is 2.28. The minimum absolute atomic E-state index is 0.127. The standard InChI is InChI=1S/C19H25ClN2O3S/c20-16-1-3-17(4-2-16)26(24,25)22-6-5-21-18(23)19-10-13-7-14(11-19)9-15(8-13)12-19/h1-4,13-15,22H,5-12H2,(H,21,23). The van der Waals surface area contributed by atoms with Crippen molar-refractivity contribution in [2.75, 3.05) is 13.1 Å². The lowest BCUT2D eigenvalue weighted by Crippen LogP contribution is -2.54. The average molecular weight is 397 g/mol. The summed E-state index contributed by atoms with van der Waals surface area (Å²) >= 11 is 5.79. The fourth-order valence-corrected chi connectivity index (χ4v) is 6.79. The summed E-state index contributed by atoms with van der Waals surface area (Å²) in [6, 6.07) is 6.03. The van der Waals surface area contributed by atoms with Gasteiger partial charge in [0.1, 0.15) is 0 Å². The van der Waals surface area contributed by atoms with Crippen LogP contribution in [0.4, 0.5) is 0 Å². The Morgan fingerprint density at radius 1 is 1.00 bits per heavy atom. The monoisotopic (exact) mass is 396 g/mol. The van der Waals surface area contributed by atoms with Crippen molar-refractivity contribution in [3.63, 3.8) is 0 Å². The average Bonchev–Trinajstić information content (AvgIpc) is 2.58. The van der Waals surface area contributed by atoms with Crippen molar-refractivity contribution < 1.29 is 13.2 Å². The predicted octanol–water partition coefficient (Wildman–Crippen LogP) is 2.95. The Balaban J connectivity index is 1.30. The second kappa shape index (κ2) is 6.80. The van der Waals surface area contributed by atoms with E-state index < -0.39 is 10.0 Å². The number of amides is 1. The van der Waals surface area contributed by atoms with Gasteiger partial charge in [-0.2, -0.15) is 0 Å². The molecule has 0 aliphatic heterocycles. The van der Waals surface area contributed by atoms with Crippen LogP contribution in [0.5, 0.6) is 0 Å². The van der Waals surface area contributed by atoms with Crippen molar-refractivity contribution in [2.45, 2.75) is 43.4 Å². The van der Waals surface area contributed by atoms with E-state index in [1.807, 2.05) is 0 Å². The van der Waals surface area contributed by atoms with Gasteiger partial charge in [-0.25, -0.2) is 13.1 Å². The fourth-order valence-electron chi connectivity index (χ4n) is 5.63. The van der Waals surface area contributed by atoms with E-state index >= 15 is 0 Å². The molecule has 26 heavy (non-hydrogen) atoms. The number of hydrogen-bond donors (Lipinski definition) is 2. The molecule has 4 bridgehead atoms. The molecule has 0 spiro atoms. The van der Waals surface area contributed by atoms with Crippen molar-refractivity contribution >= 4 is 27.5 Å². The molecule has 1 aromatic carbocycles. The molecule has 0 radical (unpaired) electrons. The third-order valence-electron chi connectivity index (χ3n) is 6.35. The summed E-state index contributed by atoms with van der Waals surface area (Å²) in [4.78, 5) is 13.0. The van der Waals surface area contributed by atoms with Gasteiger partial charge in [0.15, 0.2) is 0 Å². The highest BCUT2D eigenvalue weighted by Crippen LogP contribution is 2.60. The molecule has 4 saturated carbocycles. The van der Waals surface area contributed by atoms with Gasteiger partial charge >= 0.3 is 0 Å². The molecule has 5 rings (SSSR count). The summed E-state index contributed by atoms with van der Waals surface area (Å²) in [5.41, 5.74) is -0.191. The fraction of sp³-hybridized carbons (Fsp3) is 0.632. The van der Waals surface area contributed by atoms with Gasteiger partial charge in [0.25, 0.3) is 0 Å². The summed E-state index contributed by atoms with van der Waals surface area (Å²) < 4.78 is 27.0. The smallest absolute Gasteiger partial charge is 0.240 e. The van der Waals surface area contributed by atoms with Gasteiger partial charge in [-0.15, -0.1) is 0 Å². The molecule has 142 valence electrons. The summed E-state index contributed by atoms with van der Waals surface area (Å²) in [6.45, 7) is 0.496. The predicted molar refractivity (Wildman–Crippen MR) is 100 cm³/mol. The normalized spacial score (nSPS) is 32.6. The maximum Gasteiger partial charge on any atom is 0.240 e. The number of nitrogens with one attached hydrogen (secondary N) is 2. The lowest BCUT2D eigenvalue weighted by molar-refractivity contribution is -0.146. The van der Waals surface area contributed by atoms with Crippen LogP contribution in [0.3, 0.4) is 0 Å². The molecule has 2 N–H and O–H groups in total. The first-order chi connectivity index (χ1) is 12.4. The Morgan fingerprint density at radius 2 is 1.54 bits per heavy atom. The molecule has 7 heteroatoms. The number of carbonyl (C=O) groups is 1. The van der Waals surface area contributed by atoms with Crippen molar-refractivity contribution in [3.05, 3.63) is 29.3 Å². The third-order valence-corrected chi connectivity index (χ3v) is 8.08. The van der Waals surface area contributed by atoms with Gasteiger partial charge in [0.05, 0.1) is 4.90 Å². The number of benzene rings is 1. The zero-order valence-electron chi connectivity index (χ0n) is 14.7. The second-order valence-corrected chi connectivity index (χ2v) is 10.5. The number of sulfonamides is 1. The lowest BCUT2D eigenvalue weighted by Gasteiger charge is -2.55. The first-order valence-electron chi connectivity index (χ1n) is 9.40. The van der Waals surface area contributed by atoms with Gasteiger partial charge in [0.2, 0.25) is 15.9 Å². The second-order valence-electron chi connectivity index (χ2n) is 8.31. The summed E-state index contributed by atoms with van der Waals surface area (Å²) in [6.07, 6.45) is 6.94. The molecule has 0 heterocycles. The van der Waals surface area contributed by atoms with Crippen molar-refractivity contribution in [1.29, 1.82) is 0 Å². The minimum atomic E-state index is -3.58. The largest absolute Gasteiger partial charge is 0.354 e. The van der Waals surface area contributed by atoms with Gasteiger partial charge in [0, 0.05) is 23.5 Å². The van der Waals surface area contributed by atoms with Crippen LogP contribution < -0.4 is 10.0 Å². The van der Waals surface area contributed by atoms with Crippen molar-refractivity contribution in [2.24, 2.45) is 23.2 Å². The van der Waals surface area contributed by atoms with E-state index in [1.165, 1.54) is 31.4 Å². The Morgan fingerprint density at radius 3 is 2.08 bits per heavy atom. The summed E-state index contributed by atoms with van der Waals surface area (Å²) in [5, 5.41) is 3.48. The first kappa shape index (κ1) is 18.3. The molecular formula is C19H25ClN2O3S. The van der Waals surface area contributed by atoms with E-state index in [0.29, 0.717) is 11.6 Å². The van der Waals surface area contributed by atoms with Crippen LogP contribution in [0.25, 0.3) is 0 Å². The van der Waals surface area contributed by atoms with Crippen LogP contribution in [-0.2, 0) is 14.8 Å². The molecule has 5 nitrogen and oxygen atoms in total. The summed E-state index contributed by atoms with van der Waals surface area (Å²) in [7, 11) is -3.58. The topological polar surface area (TPSA) is 75.3 Å². The Bertz CT molecular complexity index is 756. The number of halogens is 1. The quantitative estimate of drug-likeness (QED) is 0.726. The number of rotatable bonds is 6. The van der Waals surface area contributed by atoms with Crippen LogP contribution >= 0.6 is 11.6 Å². The van der Waals surface area contributed by atoms with Crippen LogP contribution in [-0.4, -0.2) is 27.4 Å². The highest BCUT2D eigenvalue weighted by atomic mass is 35.5. The molecule has 0 saturated heterocycles. The van der Waals surface area contributed by atoms with Crippen LogP contribution in [0.15, 0.2) is 29.2 Å². The number of carbonyl (C=O) groups excluding carboxylic acids is 1. The van der Waals surface area contributed by atoms with E-state index in [9.17, 15) is 13.2 Å². The SMILES string of the molecule is O=C(NCCNS(=O)(=O)c1ccc(Cl)cc1)C12CC3CC(CC(C3)C1)C2. The molecule has 1 amide bonds. The molecule has 0 unspecified atom stereocenters. The van der Waals surface area contributed by atoms with Crippen LogP contribution in [0.1, 0.15) is 38.5 Å². The minimum Gasteiger partial charge on any atom is -0.354 e. The molecule has 4 aliphatic carbocycles. The molecule has 0 aromatic heterocycles. The Labute approximate surface area is 159 Å². The molecule has 0 atom stereocenters.